The number of carboxylic acids is 1. The Kier molecular flexibility index (Phi) is 2.45. The first-order chi connectivity index (χ1) is 8.63. The lowest BCUT2D eigenvalue weighted by molar-refractivity contribution is 0.0691. The average Bonchev–Trinajstić information content (AvgIpc) is 2.99. The predicted octanol–water partition coefficient (Wildman–Crippen LogP) is 3.06. The molecule has 1 heterocycles. The van der Waals surface area contributed by atoms with Crippen LogP contribution in [0.1, 0.15) is 33.9 Å². The SMILES string of the molecule is O=C(O)c1csc(C2(c3ccccc3F)CC2)n1. The molecule has 0 unspecified atom stereocenters. The van der Waals surface area contributed by atoms with Gasteiger partial charge in [-0.1, -0.05) is 18.2 Å². The van der Waals surface area contributed by atoms with E-state index in [-0.39, 0.29) is 11.5 Å². The highest BCUT2D eigenvalue weighted by Gasteiger charge is 2.50. The molecule has 2 aromatic rings. The molecule has 18 heavy (non-hydrogen) atoms. The van der Waals surface area contributed by atoms with Gasteiger partial charge in [-0.15, -0.1) is 11.3 Å². The van der Waals surface area contributed by atoms with Gasteiger partial charge in [-0.05, 0) is 18.9 Å². The Morgan fingerprint density at radius 3 is 2.67 bits per heavy atom. The third-order valence-corrected chi connectivity index (χ3v) is 4.32. The van der Waals surface area contributed by atoms with Crippen LogP contribution in [0.2, 0.25) is 0 Å². The zero-order chi connectivity index (χ0) is 12.8. The number of nitrogens with zero attached hydrogens (tertiary/aromatic N) is 1. The number of carboxylic acid groups (broad SMARTS) is 1. The predicted molar refractivity (Wildman–Crippen MR) is 65.5 cm³/mol. The third-order valence-electron chi connectivity index (χ3n) is 3.27. The van der Waals surface area contributed by atoms with Crippen molar-refractivity contribution in [2.75, 3.05) is 0 Å². The van der Waals surface area contributed by atoms with E-state index in [2.05, 4.69) is 4.98 Å². The van der Waals surface area contributed by atoms with Gasteiger partial charge >= 0.3 is 5.97 Å². The van der Waals surface area contributed by atoms with Crippen molar-refractivity contribution in [3.63, 3.8) is 0 Å². The molecule has 0 amide bonds. The van der Waals surface area contributed by atoms with Gasteiger partial charge in [0.2, 0.25) is 0 Å². The van der Waals surface area contributed by atoms with Crippen LogP contribution in [0.25, 0.3) is 0 Å². The number of rotatable bonds is 3. The van der Waals surface area contributed by atoms with Crippen molar-refractivity contribution >= 4 is 17.3 Å². The summed E-state index contributed by atoms with van der Waals surface area (Å²) in [5.74, 6) is -1.29. The number of aromatic carboxylic acids is 1. The van der Waals surface area contributed by atoms with E-state index < -0.39 is 11.4 Å². The fourth-order valence-corrected chi connectivity index (χ4v) is 3.23. The summed E-state index contributed by atoms with van der Waals surface area (Å²) in [6.45, 7) is 0. The van der Waals surface area contributed by atoms with E-state index in [9.17, 15) is 9.18 Å². The Balaban J connectivity index is 2.05. The molecular weight excluding hydrogens is 253 g/mol. The quantitative estimate of drug-likeness (QED) is 0.925. The highest BCUT2D eigenvalue weighted by molar-refractivity contribution is 7.10. The molecule has 3 rings (SSSR count). The maximum absolute atomic E-state index is 13.8. The van der Waals surface area contributed by atoms with Gasteiger partial charge in [-0.2, -0.15) is 0 Å². The second-order valence-electron chi connectivity index (χ2n) is 4.41. The minimum atomic E-state index is -1.04. The van der Waals surface area contributed by atoms with E-state index >= 15 is 0 Å². The summed E-state index contributed by atoms with van der Waals surface area (Å²) in [7, 11) is 0. The second kappa shape index (κ2) is 3.88. The third kappa shape index (κ3) is 1.62. The van der Waals surface area contributed by atoms with Crippen LogP contribution in [0, 0.1) is 5.82 Å². The molecule has 1 saturated carbocycles. The fraction of sp³-hybridized carbons (Fsp3) is 0.231. The smallest absolute Gasteiger partial charge is 0.355 e. The Hall–Kier alpha value is -1.75. The van der Waals surface area contributed by atoms with Crippen LogP contribution in [0.15, 0.2) is 29.6 Å². The molecule has 1 aliphatic rings. The summed E-state index contributed by atoms with van der Waals surface area (Å²) in [6.07, 6.45) is 1.64. The van der Waals surface area contributed by atoms with Crippen molar-refractivity contribution in [3.8, 4) is 0 Å². The molecule has 1 aromatic carbocycles. The van der Waals surface area contributed by atoms with Crippen LogP contribution in [0.5, 0.6) is 0 Å². The van der Waals surface area contributed by atoms with Gasteiger partial charge in [0, 0.05) is 10.9 Å². The summed E-state index contributed by atoms with van der Waals surface area (Å²) in [6, 6.07) is 6.63. The molecule has 0 spiro atoms. The standard InChI is InChI=1S/C13H10FNO2S/c14-9-4-2-1-3-8(9)13(5-6-13)12-15-10(7-18-12)11(16)17/h1-4,7H,5-6H2,(H,16,17). The van der Waals surface area contributed by atoms with Gasteiger partial charge < -0.3 is 5.11 Å². The van der Waals surface area contributed by atoms with Crippen LogP contribution in [0.3, 0.4) is 0 Å². The van der Waals surface area contributed by atoms with Gasteiger partial charge in [0.25, 0.3) is 0 Å². The Labute approximate surface area is 107 Å². The first-order valence-electron chi connectivity index (χ1n) is 5.58. The number of hydrogen-bond acceptors (Lipinski definition) is 3. The van der Waals surface area contributed by atoms with Gasteiger partial charge in [0.15, 0.2) is 5.69 Å². The molecule has 1 fully saturated rings. The van der Waals surface area contributed by atoms with Gasteiger partial charge in [0.1, 0.15) is 10.8 Å². The number of thiazole rings is 1. The lowest BCUT2D eigenvalue weighted by atomic mass is 9.96. The second-order valence-corrected chi connectivity index (χ2v) is 5.26. The number of benzene rings is 1. The van der Waals surface area contributed by atoms with E-state index in [1.54, 1.807) is 18.2 Å². The largest absolute Gasteiger partial charge is 0.476 e. The summed E-state index contributed by atoms with van der Waals surface area (Å²) < 4.78 is 13.8. The van der Waals surface area contributed by atoms with Crippen molar-refractivity contribution in [2.45, 2.75) is 18.3 Å². The first kappa shape index (κ1) is 11.3. The summed E-state index contributed by atoms with van der Waals surface area (Å²) in [4.78, 5) is 14.9. The molecule has 1 N–H and O–H groups in total. The maximum Gasteiger partial charge on any atom is 0.355 e. The van der Waals surface area contributed by atoms with Gasteiger partial charge in [-0.25, -0.2) is 14.2 Å². The average molecular weight is 263 g/mol. The maximum atomic E-state index is 13.8. The van der Waals surface area contributed by atoms with Crippen LogP contribution in [-0.2, 0) is 5.41 Å². The molecular formula is C13H10FNO2S. The molecule has 1 aliphatic carbocycles. The Bertz CT molecular complexity index is 619. The number of aromatic nitrogens is 1. The van der Waals surface area contributed by atoms with Crippen molar-refractivity contribution in [1.82, 2.24) is 4.98 Å². The monoisotopic (exact) mass is 263 g/mol. The number of halogens is 1. The van der Waals surface area contributed by atoms with Crippen molar-refractivity contribution in [3.05, 3.63) is 51.7 Å². The van der Waals surface area contributed by atoms with E-state index in [4.69, 9.17) is 5.11 Å². The van der Waals surface area contributed by atoms with E-state index in [1.807, 2.05) is 0 Å². The van der Waals surface area contributed by atoms with Gasteiger partial charge in [-0.3, -0.25) is 0 Å². The zero-order valence-electron chi connectivity index (χ0n) is 9.39. The Morgan fingerprint density at radius 2 is 2.11 bits per heavy atom. The molecule has 0 radical (unpaired) electrons. The molecule has 1 aromatic heterocycles. The highest BCUT2D eigenvalue weighted by atomic mass is 32.1. The topological polar surface area (TPSA) is 50.2 Å². The molecule has 5 heteroatoms. The molecule has 0 bridgehead atoms. The number of carbonyl (C=O) groups is 1. The molecule has 3 nitrogen and oxygen atoms in total. The molecule has 0 aliphatic heterocycles. The van der Waals surface area contributed by atoms with Gasteiger partial charge in [0.05, 0.1) is 5.41 Å². The minimum absolute atomic E-state index is 0.0395. The lowest BCUT2D eigenvalue weighted by Crippen LogP contribution is -2.11. The number of hydrogen-bond donors (Lipinski definition) is 1. The van der Waals surface area contributed by atoms with Crippen molar-refractivity contribution in [1.29, 1.82) is 0 Å². The van der Waals surface area contributed by atoms with Crippen LogP contribution >= 0.6 is 11.3 Å². The van der Waals surface area contributed by atoms with Crippen molar-refractivity contribution < 1.29 is 14.3 Å². The highest BCUT2D eigenvalue weighted by Crippen LogP contribution is 2.54. The van der Waals surface area contributed by atoms with Crippen molar-refractivity contribution in [2.24, 2.45) is 0 Å². The van der Waals surface area contributed by atoms with Crippen LogP contribution in [-0.4, -0.2) is 16.1 Å². The van der Waals surface area contributed by atoms with E-state index in [0.29, 0.717) is 10.6 Å². The molecule has 0 saturated heterocycles. The molecule has 0 atom stereocenters. The van der Waals surface area contributed by atoms with E-state index in [0.717, 1.165) is 12.8 Å². The normalized spacial score (nSPS) is 16.5. The summed E-state index contributed by atoms with van der Waals surface area (Å²) >= 11 is 1.29. The van der Waals surface area contributed by atoms with Crippen LogP contribution < -0.4 is 0 Å². The first-order valence-corrected chi connectivity index (χ1v) is 6.46. The summed E-state index contributed by atoms with van der Waals surface area (Å²) in [5.41, 5.74) is 0.262. The van der Waals surface area contributed by atoms with E-state index in [1.165, 1.54) is 22.8 Å². The summed E-state index contributed by atoms with van der Waals surface area (Å²) in [5, 5.41) is 11.1. The lowest BCUT2D eigenvalue weighted by Gasteiger charge is -2.13. The molecule has 92 valence electrons. The van der Waals surface area contributed by atoms with Crippen LogP contribution in [0.4, 0.5) is 4.39 Å². The zero-order valence-corrected chi connectivity index (χ0v) is 10.2. The Morgan fingerprint density at radius 1 is 1.39 bits per heavy atom. The fourth-order valence-electron chi connectivity index (χ4n) is 2.16. The minimum Gasteiger partial charge on any atom is -0.476 e.